The van der Waals surface area contributed by atoms with E-state index in [1.807, 2.05) is 0 Å². The Morgan fingerprint density at radius 1 is 1.15 bits per heavy atom. The molecule has 2 N–H and O–H groups in total. The van der Waals surface area contributed by atoms with Gasteiger partial charge in [0.05, 0.1) is 18.4 Å². The molecule has 1 aliphatic carbocycles. The Hall–Kier alpha value is -2.78. The molecular weight excluding hydrogens is 371 g/mol. The number of halogens is 1. The summed E-state index contributed by atoms with van der Waals surface area (Å²) in [5.41, 5.74) is 1.85. The first-order valence-corrected chi connectivity index (χ1v) is 9.93. The number of fused-ring (bicyclic) bond motifs is 1. The fraction of sp³-hybridized carbons (Fsp3) is 0.222. The second-order valence-electron chi connectivity index (χ2n) is 6.26. The van der Waals surface area contributed by atoms with E-state index in [2.05, 4.69) is 19.9 Å². The van der Waals surface area contributed by atoms with Gasteiger partial charge < -0.3 is 4.74 Å². The first-order valence-electron chi connectivity index (χ1n) is 8.45. The molecule has 9 heteroatoms. The smallest absolute Gasteiger partial charge is 0.242 e. The molecule has 0 amide bonds. The molecular formula is C18H17FN4O3S. The fourth-order valence-electron chi connectivity index (χ4n) is 3.05. The van der Waals surface area contributed by atoms with Gasteiger partial charge in [0.2, 0.25) is 15.9 Å². The molecule has 1 aliphatic rings. The van der Waals surface area contributed by atoms with Crippen LogP contribution in [0.3, 0.4) is 0 Å². The Bertz CT molecular complexity index is 1030. The van der Waals surface area contributed by atoms with Crippen LogP contribution in [0.15, 0.2) is 53.7 Å². The standard InChI is InChI=1S/C18H17FN4O3S/c19-12-4-6-13(7-5-12)26-18-9-8-14(10-20-18)27(24,25)23-17-3-1-2-16-15(17)11-21-22-16/h4-11,17,23H,1-3H2,(H,21,22). The maximum Gasteiger partial charge on any atom is 0.242 e. The van der Waals surface area contributed by atoms with Gasteiger partial charge in [-0.15, -0.1) is 0 Å². The summed E-state index contributed by atoms with van der Waals surface area (Å²) in [4.78, 5) is 4.08. The number of aryl methyl sites for hydroxylation is 1. The van der Waals surface area contributed by atoms with Crippen LogP contribution in [0, 0.1) is 5.82 Å². The van der Waals surface area contributed by atoms with Gasteiger partial charge in [-0.1, -0.05) is 0 Å². The number of aromatic nitrogens is 3. The molecule has 27 heavy (non-hydrogen) atoms. The van der Waals surface area contributed by atoms with Gasteiger partial charge in [0.15, 0.2) is 0 Å². The minimum atomic E-state index is -3.74. The second kappa shape index (κ2) is 7.09. The molecule has 2 aromatic heterocycles. The maximum atomic E-state index is 12.9. The average molecular weight is 388 g/mol. The number of hydrogen-bond acceptors (Lipinski definition) is 5. The Labute approximate surface area is 155 Å². The number of rotatable bonds is 5. The lowest BCUT2D eigenvalue weighted by molar-refractivity contribution is 0.460. The largest absolute Gasteiger partial charge is 0.439 e. The van der Waals surface area contributed by atoms with Crippen LogP contribution in [0.25, 0.3) is 0 Å². The molecule has 140 valence electrons. The van der Waals surface area contributed by atoms with Gasteiger partial charge in [0.1, 0.15) is 16.5 Å². The van der Waals surface area contributed by atoms with E-state index in [-0.39, 0.29) is 22.6 Å². The Morgan fingerprint density at radius 3 is 2.70 bits per heavy atom. The van der Waals surface area contributed by atoms with Crippen molar-refractivity contribution in [2.75, 3.05) is 0 Å². The van der Waals surface area contributed by atoms with E-state index in [1.165, 1.54) is 42.6 Å². The number of aromatic amines is 1. The highest BCUT2D eigenvalue weighted by Crippen LogP contribution is 2.29. The van der Waals surface area contributed by atoms with Crippen LogP contribution in [-0.2, 0) is 16.4 Å². The third-order valence-corrected chi connectivity index (χ3v) is 5.86. The minimum absolute atomic E-state index is 0.0459. The lowest BCUT2D eigenvalue weighted by Gasteiger charge is -2.22. The van der Waals surface area contributed by atoms with E-state index in [1.54, 1.807) is 6.20 Å². The summed E-state index contributed by atoms with van der Waals surface area (Å²) in [6.45, 7) is 0. The number of H-pyrrole nitrogens is 1. The van der Waals surface area contributed by atoms with Gasteiger partial charge in [-0.2, -0.15) is 5.10 Å². The summed E-state index contributed by atoms with van der Waals surface area (Å²) in [7, 11) is -3.74. The molecule has 1 aromatic carbocycles. The monoisotopic (exact) mass is 388 g/mol. The van der Waals surface area contributed by atoms with Crippen LogP contribution in [-0.4, -0.2) is 23.6 Å². The lowest BCUT2D eigenvalue weighted by Crippen LogP contribution is -2.30. The Kier molecular flexibility index (Phi) is 4.63. The van der Waals surface area contributed by atoms with Gasteiger partial charge in [0.25, 0.3) is 0 Å². The molecule has 1 unspecified atom stereocenters. The third-order valence-electron chi connectivity index (χ3n) is 4.40. The van der Waals surface area contributed by atoms with Crippen LogP contribution in [0.4, 0.5) is 4.39 Å². The zero-order valence-corrected chi connectivity index (χ0v) is 15.0. The van der Waals surface area contributed by atoms with Crippen molar-refractivity contribution in [3.05, 3.63) is 65.9 Å². The second-order valence-corrected chi connectivity index (χ2v) is 7.97. The SMILES string of the molecule is O=S(=O)(NC1CCCc2[nH]ncc21)c1ccc(Oc2ccc(F)cc2)nc1. The molecule has 0 saturated carbocycles. The van der Waals surface area contributed by atoms with E-state index in [9.17, 15) is 12.8 Å². The zero-order valence-electron chi connectivity index (χ0n) is 14.2. The summed E-state index contributed by atoms with van der Waals surface area (Å²) in [5, 5.41) is 6.91. The van der Waals surface area contributed by atoms with Crippen molar-refractivity contribution in [1.82, 2.24) is 19.9 Å². The average Bonchev–Trinajstić information content (AvgIpc) is 3.14. The maximum absolute atomic E-state index is 12.9. The number of sulfonamides is 1. The van der Waals surface area contributed by atoms with Crippen molar-refractivity contribution in [2.45, 2.75) is 30.2 Å². The zero-order chi connectivity index (χ0) is 18.9. The van der Waals surface area contributed by atoms with E-state index >= 15 is 0 Å². The number of ether oxygens (including phenoxy) is 1. The van der Waals surface area contributed by atoms with Gasteiger partial charge in [-0.25, -0.2) is 22.5 Å². The van der Waals surface area contributed by atoms with E-state index in [4.69, 9.17) is 4.74 Å². The van der Waals surface area contributed by atoms with Gasteiger partial charge in [-0.3, -0.25) is 5.10 Å². The molecule has 7 nitrogen and oxygen atoms in total. The minimum Gasteiger partial charge on any atom is -0.439 e. The van der Waals surface area contributed by atoms with Crippen LogP contribution < -0.4 is 9.46 Å². The highest BCUT2D eigenvalue weighted by atomic mass is 32.2. The van der Waals surface area contributed by atoms with Crippen molar-refractivity contribution in [1.29, 1.82) is 0 Å². The molecule has 0 aliphatic heterocycles. The van der Waals surface area contributed by atoms with Crippen LogP contribution in [0.5, 0.6) is 11.6 Å². The first kappa shape index (κ1) is 17.6. The number of benzene rings is 1. The fourth-order valence-corrected chi connectivity index (χ4v) is 4.24. The molecule has 3 aromatic rings. The first-order chi connectivity index (χ1) is 13.0. The van der Waals surface area contributed by atoms with Crippen molar-refractivity contribution in [3.8, 4) is 11.6 Å². The van der Waals surface area contributed by atoms with E-state index in [0.717, 1.165) is 24.1 Å². The molecule has 0 spiro atoms. The summed E-state index contributed by atoms with van der Waals surface area (Å²) < 4.78 is 46.5. The summed E-state index contributed by atoms with van der Waals surface area (Å²) in [6.07, 6.45) is 5.36. The number of nitrogens with one attached hydrogen (secondary N) is 2. The number of hydrogen-bond donors (Lipinski definition) is 2. The molecule has 0 radical (unpaired) electrons. The van der Waals surface area contributed by atoms with Crippen LogP contribution in [0.2, 0.25) is 0 Å². The topological polar surface area (TPSA) is 97.0 Å². The van der Waals surface area contributed by atoms with Crippen LogP contribution in [0.1, 0.15) is 30.1 Å². The molecule has 1 atom stereocenters. The van der Waals surface area contributed by atoms with Gasteiger partial charge >= 0.3 is 0 Å². The number of pyridine rings is 1. The summed E-state index contributed by atoms with van der Waals surface area (Å²) >= 11 is 0. The van der Waals surface area contributed by atoms with Crippen LogP contribution >= 0.6 is 0 Å². The molecule has 0 bridgehead atoms. The highest BCUT2D eigenvalue weighted by Gasteiger charge is 2.27. The van der Waals surface area contributed by atoms with Gasteiger partial charge in [-0.05, 0) is 49.6 Å². The molecule has 4 rings (SSSR count). The molecule has 0 saturated heterocycles. The predicted molar refractivity (Wildman–Crippen MR) is 95.3 cm³/mol. The predicted octanol–water partition coefficient (Wildman–Crippen LogP) is 3.09. The van der Waals surface area contributed by atoms with Crippen molar-refractivity contribution >= 4 is 10.0 Å². The van der Waals surface area contributed by atoms with E-state index in [0.29, 0.717) is 12.2 Å². The number of nitrogens with zero attached hydrogens (tertiary/aromatic N) is 2. The molecule has 0 fully saturated rings. The summed E-state index contributed by atoms with van der Waals surface area (Å²) in [6, 6.07) is 8.05. The summed E-state index contributed by atoms with van der Waals surface area (Å²) in [5.74, 6) is 0.258. The van der Waals surface area contributed by atoms with Crippen molar-refractivity contribution in [2.24, 2.45) is 0 Å². The molecule has 2 heterocycles. The van der Waals surface area contributed by atoms with Crippen molar-refractivity contribution in [3.63, 3.8) is 0 Å². The highest BCUT2D eigenvalue weighted by molar-refractivity contribution is 7.89. The van der Waals surface area contributed by atoms with E-state index < -0.39 is 10.0 Å². The Balaban J connectivity index is 1.49. The Morgan fingerprint density at radius 2 is 1.96 bits per heavy atom. The van der Waals surface area contributed by atoms with Crippen molar-refractivity contribution < 1.29 is 17.5 Å². The quantitative estimate of drug-likeness (QED) is 0.700. The third kappa shape index (κ3) is 3.83. The lowest BCUT2D eigenvalue weighted by atomic mass is 9.94. The van der Waals surface area contributed by atoms with Gasteiger partial charge in [0, 0.05) is 17.3 Å². The normalized spacial score (nSPS) is 16.7.